The molecule has 1 N–H and O–H groups in total. The fraction of sp³-hybridized carbons (Fsp3) is 0.0500. The molecule has 0 aliphatic carbocycles. The number of carbonyl (C=O) groups excluding carboxylic acids is 1. The van der Waals surface area contributed by atoms with Crippen molar-refractivity contribution in [2.45, 2.75) is 6.92 Å². The minimum absolute atomic E-state index is 0.486. The zero-order chi connectivity index (χ0) is 17.5. The van der Waals surface area contributed by atoms with E-state index >= 15 is 0 Å². The molecule has 1 heterocycles. The maximum absolute atomic E-state index is 12.0. The van der Waals surface area contributed by atoms with Gasteiger partial charge in [-0.05, 0) is 31.2 Å². The molecule has 0 bridgehead atoms. The van der Waals surface area contributed by atoms with Crippen LogP contribution in [0.4, 0.5) is 10.5 Å². The third kappa shape index (κ3) is 4.51. The Morgan fingerprint density at radius 2 is 1.68 bits per heavy atom. The summed E-state index contributed by atoms with van der Waals surface area (Å²) in [5.74, 6) is 0. The molecule has 0 aliphatic heterocycles. The Kier molecular flexibility index (Phi) is 5.16. The summed E-state index contributed by atoms with van der Waals surface area (Å²) in [6.45, 7) is 1.98. The molecule has 0 aliphatic rings. The lowest BCUT2D eigenvalue weighted by molar-refractivity contribution is 0.166. The third-order valence-electron chi connectivity index (χ3n) is 3.47. The van der Waals surface area contributed by atoms with E-state index in [1.807, 2.05) is 67.6 Å². The number of carbonyl (C=O) groups is 1. The summed E-state index contributed by atoms with van der Waals surface area (Å²) in [6, 6.07) is 22.4. The average Bonchev–Trinajstić information content (AvgIpc) is 2.66. The van der Waals surface area contributed by atoms with E-state index in [-0.39, 0.29) is 0 Å². The van der Waals surface area contributed by atoms with Crippen LogP contribution in [0.15, 0.2) is 84.1 Å². The van der Waals surface area contributed by atoms with Gasteiger partial charge in [0.05, 0.1) is 5.69 Å². The number of aromatic nitrogens is 1. The standard InChI is InChI=1S/C20H17N3O2/c1-15-10-12-17(13-11-15)22-20(24)25-23-19(16-7-3-2-4-8-16)18-9-5-6-14-21-18/h2-14H,1H3,(H,22,24). The molecule has 0 radical (unpaired) electrons. The number of nitrogens with zero attached hydrogens (tertiary/aromatic N) is 2. The molecule has 0 atom stereocenters. The molecule has 0 unspecified atom stereocenters. The van der Waals surface area contributed by atoms with Crippen LogP contribution in [0.1, 0.15) is 16.8 Å². The van der Waals surface area contributed by atoms with Crippen molar-refractivity contribution in [3.05, 3.63) is 95.8 Å². The molecule has 5 nitrogen and oxygen atoms in total. The molecular formula is C20H17N3O2. The topological polar surface area (TPSA) is 63.6 Å². The number of hydrogen-bond acceptors (Lipinski definition) is 4. The second kappa shape index (κ2) is 7.88. The molecule has 1 aromatic heterocycles. The van der Waals surface area contributed by atoms with Crippen LogP contribution < -0.4 is 5.32 Å². The summed E-state index contributed by atoms with van der Waals surface area (Å²) < 4.78 is 0. The highest BCUT2D eigenvalue weighted by molar-refractivity contribution is 6.11. The number of nitrogens with one attached hydrogen (secondary N) is 1. The fourth-order valence-electron chi connectivity index (χ4n) is 2.21. The van der Waals surface area contributed by atoms with Crippen LogP contribution in [0.2, 0.25) is 0 Å². The number of benzene rings is 2. The predicted molar refractivity (Wildman–Crippen MR) is 97.6 cm³/mol. The van der Waals surface area contributed by atoms with Crippen molar-refractivity contribution in [3.63, 3.8) is 0 Å². The van der Waals surface area contributed by atoms with Gasteiger partial charge in [-0.2, -0.15) is 0 Å². The summed E-state index contributed by atoms with van der Waals surface area (Å²) in [4.78, 5) is 21.3. The van der Waals surface area contributed by atoms with Crippen LogP contribution in [0.3, 0.4) is 0 Å². The Morgan fingerprint density at radius 3 is 2.36 bits per heavy atom. The Labute approximate surface area is 146 Å². The van der Waals surface area contributed by atoms with Crippen molar-refractivity contribution in [1.29, 1.82) is 0 Å². The molecule has 1 amide bonds. The smallest absolute Gasteiger partial charge is 0.297 e. The summed E-state index contributed by atoms with van der Waals surface area (Å²) in [5, 5.41) is 6.66. The first-order chi connectivity index (χ1) is 12.2. The minimum Gasteiger partial charge on any atom is -0.297 e. The summed E-state index contributed by atoms with van der Waals surface area (Å²) in [5.41, 5.74) is 3.67. The highest BCUT2D eigenvalue weighted by Crippen LogP contribution is 2.11. The lowest BCUT2D eigenvalue weighted by Gasteiger charge is -2.07. The zero-order valence-electron chi connectivity index (χ0n) is 13.7. The van der Waals surface area contributed by atoms with Crippen molar-refractivity contribution >= 4 is 17.5 Å². The van der Waals surface area contributed by atoms with Crippen molar-refractivity contribution in [2.24, 2.45) is 5.16 Å². The van der Waals surface area contributed by atoms with Crippen molar-refractivity contribution in [1.82, 2.24) is 4.98 Å². The van der Waals surface area contributed by atoms with Crippen molar-refractivity contribution in [2.75, 3.05) is 5.32 Å². The van der Waals surface area contributed by atoms with Gasteiger partial charge in [-0.3, -0.25) is 15.1 Å². The number of hydrogen-bond donors (Lipinski definition) is 1. The van der Waals surface area contributed by atoms with Gasteiger partial charge in [-0.15, -0.1) is 0 Å². The molecule has 0 saturated heterocycles. The van der Waals surface area contributed by atoms with E-state index in [9.17, 15) is 4.79 Å². The van der Waals surface area contributed by atoms with E-state index in [1.54, 1.807) is 18.3 Å². The molecule has 25 heavy (non-hydrogen) atoms. The number of rotatable bonds is 4. The second-order valence-corrected chi connectivity index (χ2v) is 5.39. The molecule has 0 saturated carbocycles. The van der Waals surface area contributed by atoms with Gasteiger partial charge < -0.3 is 0 Å². The summed E-state index contributed by atoms with van der Waals surface area (Å²) in [7, 11) is 0. The van der Waals surface area contributed by atoms with Gasteiger partial charge in [0.25, 0.3) is 0 Å². The Morgan fingerprint density at radius 1 is 0.960 bits per heavy atom. The highest BCUT2D eigenvalue weighted by atomic mass is 16.7. The first kappa shape index (κ1) is 16.4. The van der Waals surface area contributed by atoms with Crippen LogP contribution in [0, 0.1) is 6.92 Å². The first-order valence-electron chi connectivity index (χ1n) is 7.82. The van der Waals surface area contributed by atoms with Gasteiger partial charge in [-0.25, -0.2) is 4.79 Å². The van der Waals surface area contributed by atoms with E-state index in [4.69, 9.17) is 4.84 Å². The molecule has 124 valence electrons. The fourth-order valence-corrected chi connectivity index (χ4v) is 2.21. The molecule has 0 spiro atoms. The molecule has 3 aromatic rings. The first-order valence-corrected chi connectivity index (χ1v) is 7.82. The maximum Gasteiger partial charge on any atom is 0.437 e. The lowest BCUT2D eigenvalue weighted by Crippen LogP contribution is -2.13. The molecule has 5 heteroatoms. The predicted octanol–water partition coefficient (Wildman–Crippen LogP) is 4.39. The second-order valence-electron chi connectivity index (χ2n) is 5.39. The van der Waals surface area contributed by atoms with Crippen molar-refractivity contribution < 1.29 is 9.63 Å². The SMILES string of the molecule is Cc1ccc(NC(=O)ON=C(c2ccccc2)c2ccccn2)cc1. The number of pyridine rings is 1. The Balaban J connectivity index is 1.79. The number of amides is 1. The largest absolute Gasteiger partial charge is 0.437 e. The van der Waals surface area contributed by atoms with Crippen LogP contribution in [-0.2, 0) is 4.84 Å². The molecule has 3 rings (SSSR count). The van der Waals surface area contributed by atoms with E-state index in [1.165, 1.54) is 0 Å². The number of anilines is 1. The van der Waals surface area contributed by atoms with Crippen LogP contribution in [-0.4, -0.2) is 16.8 Å². The molecule has 0 fully saturated rings. The minimum atomic E-state index is -0.659. The Hall–Kier alpha value is -3.47. The monoisotopic (exact) mass is 331 g/mol. The van der Waals surface area contributed by atoms with Gasteiger partial charge in [0.15, 0.2) is 0 Å². The van der Waals surface area contributed by atoms with Gasteiger partial charge in [-0.1, -0.05) is 59.3 Å². The van der Waals surface area contributed by atoms with E-state index in [0.717, 1.165) is 11.1 Å². The average molecular weight is 331 g/mol. The number of oxime groups is 1. The lowest BCUT2D eigenvalue weighted by atomic mass is 10.1. The zero-order valence-corrected chi connectivity index (χ0v) is 13.7. The summed E-state index contributed by atoms with van der Waals surface area (Å²) in [6.07, 6.45) is 1.01. The highest BCUT2D eigenvalue weighted by Gasteiger charge is 2.10. The van der Waals surface area contributed by atoms with Crippen molar-refractivity contribution in [3.8, 4) is 0 Å². The van der Waals surface area contributed by atoms with Gasteiger partial charge in [0.2, 0.25) is 0 Å². The third-order valence-corrected chi connectivity index (χ3v) is 3.47. The van der Waals surface area contributed by atoms with Crippen LogP contribution in [0.5, 0.6) is 0 Å². The molecule has 2 aromatic carbocycles. The van der Waals surface area contributed by atoms with Gasteiger partial charge in [0.1, 0.15) is 5.71 Å². The van der Waals surface area contributed by atoms with Crippen LogP contribution >= 0.6 is 0 Å². The van der Waals surface area contributed by atoms with Gasteiger partial charge >= 0.3 is 6.09 Å². The quantitative estimate of drug-likeness (QED) is 0.438. The normalized spacial score (nSPS) is 11.0. The van der Waals surface area contributed by atoms with E-state index in [2.05, 4.69) is 15.5 Å². The van der Waals surface area contributed by atoms with E-state index in [0.29, 0.717) is 17.1 Å². The van der Waals surface area contributed by atoms with E-state index < -0.39 is 6.09 Å². The number of aryl methyl sites for hydroxylation is 1. The maximum atomic E-state index is 12.0. The van der Waals surface area contributed by atoms with Crippen LogP contribution in [0.25, 0.3) is 0 Å². The summed E-state index contributed by atoms with van der Waals surface area (Å²) >= 11 is 0. The van der Waals surface area contributed by atoms with Gasteiger partial charge in [0, 0.05) is 17.4 Å². The Bertz CT molecular complexity index is 819. The molecular weight excluding hydrogens is 314 g/mol.